The van der Waals surface area contributed by atoms with E-state index in [1.54, 1.807) is 24.3 Å². The summed E-state index contributed by atoms with van der Waals surface area (Å²) in [5, 5.41) is 0.499. The van der Waals surface area contributed by atoms with Gasteiger partial charge in [-0.2, -0.15) is 0 Å². The minimum absolute atomic E-state index is 0.120. The number of carbonyl (C=O) groups is 3. The van der Waals surface area contributed by atoms with Gasteiger partial charge in [0.2, 0.25) is 5.91 Å². The van der Waals surface area contributed by atoms with Gasteiger partial charge in [0.05, 0.1) is 5.02 Å². The van der Waals surface area contributed by atoms with Crippen LogP contribution in [0.25, 0.3) is 0 Å². The number of amides is 1. The summed E-state index contributed by atoms with van der Waals surface area (Å²) >= 11 is 11.9. The van der Waals surface area contributed by atoms with Crippen molar-refractivity contribution in [2.75, 3.05) is 7.05 Å². The molecule has 2 aromatic carbocycles. The van der Waals surface area contributed by atoms with Crippen molar-refractivity contribution in [2.45, 2.75) is 6.04 Å². The molecule has 0 aromatic heterocycles. The Morgan fingerprint density at radius 1 is 1.04 bits per heavy atom. The normalized spacial score (nSPS) is 20.5. The quantitative estimate of drug-likeness (QED) is 0.620. The molecule has 1 aliphatic heterocycles. The molecule has 1 aliphatic rings. The monoisotopic (exact) mass is 361 g/mol. The first-order valence-corrected chi connectivity index (χ1v) is 8.02. The number of halogens is 2. The van der Waals surface area contributed by atoms with Crippen LogP contribution in [0, 0.1) is 5.92 Å². The Kier molecular flexibility index (Phi) is 4.43. The number of carbonyl (C=O) groups excluding carboxylic acids is 3. The Hall–Kier alpha value is -2.17. The molecule has 3 rings (SSSR count). The van der Waals surface area contributed by atoms with E-state index in [1.165, 1.54) is 30.1 Å². The number of hydrogen-bond acceptors (Lipinski definition) is 3. The molecule has 122 valence electrons. The summed E-state index contributed by atoms with van der Waals surface area (Å²) in [6, 6.07) is 12.5. The maximum Gasteiger partial charge on any atom is 0.241 e. The smallest absolute Gasteiger partial charge is 0.241 e. The lowest BCUT2D eigenvalue weighted by Gasteiger charge is -2.18. The van der Waals surface area contributed by atoms with Crippen molar-refractivity contribution in [2.24, 2.45) is 5.92 Å². The molecule has 2 atom stereocenters. The highest BCUT2D eigenvalue weighted by Crippen LogP contribution is 2.35. The highest BCUT2D eigenvalue weighted by Gasteiger charge is 2.50. The minimum Gasteiger partial charge on any atom is -0.331 e. The number of likely N-dealkylation sites (N-methyl/N-ethyl adjacent to an activating group) is 1. The van der Waals surface area contributed by atoms with Crippen LogP contribution in [0.1, 0.15) is 22.0 Å². The summed E-state index contributed by atoms with van der Waals surface area (Å²) in [6.45, 7) is 0. The van der Waals surface area contributed by atoms with Crippen LogP contribution in [0.4, 0.5) is 0 Å². The Morgan fingerprint density at radius 2 is 1.71 bits per heavy atom. The molecular formula is C18H13Cl2NO3. The van der Waals surface area contributed by atoms with Crippen LogP contribution in [0.3, 0.4) is 0 Å². The largest absolute Gasteiger partial charge is 0.331 e. The number of ketones is 2. The fraction of sp³-hybridized carbons (Fsp3) is 0.167. The van der Waals surface area contributed by atoms with Crippen LogP contribution in [0.15, 0.2) is 48.5 Å². The number of benzene rings is 2. The number of nitrogens with zero attached hydrogens (tertiary/aromatic N) is 1. The third-order valence-corrected chi connectivity index (χ3v) is 4.66. The minimum atomic E-state index is -1.38. The molecule has 1 amide bonds. The summed E-state index contributed by atoms with van der Waals surface area (Å²) in [7, 11) is 1.52. The molecule has 24 heavy (non-hydrogen) atoms. The molecule has 2 aromatic rings. The average molecular weight is 362 g/mol. The van der Waals surface area contributed by atoms with E-state index in [9.17, 15) is 14.4 Å². The van der Waals surface area contributed by atoms with E-state index in [2.05, 4.69) is 0 Å². The molecule has 6 heteroatoms. The molecular weight excluding hydrogens is 349 g/mol. The van der Waals surface area contributed by atoms with Gasteiger partial charge in [0.25, 0.3) is 0 Å². The van der Waals surface area contributed by atoms with Gasteiger partial charge in [0.15, 0.2) is 17.5 Å². The second-order valence-corrected chi connectivity index (χ2v) is 6.43. The summed E-state index contributed by atoms with van der Waals surface area (Å²) in [5.74, 6) is -2.94. The zero-order valence-corrected chi connectivity index (χ0v) is 14.2. The van der Waals surface area contributed by atoms with Gasteiger partial charge in [-0.3, -0.25) is 14.4 Å². The second kappa shape index (κ2) is 6.38. The van der Waals surface area contributed by atoms with E-state index in [1.807, 2.05) is 6.07 Å². The van der Waals surface area contributed by atoms with Gasteiger partial charge in [0, 0.05) is 17.6 Å². The van der Waals surface area contributed by atoms with E-state index >= 15 is 0 Å². The molecule has 0 saturated carbocycles. The van der Waals surface area contributed by atoms with Gasteiger partial charge in [-0.25, -0.2) is 0 Å². The molecule has 0 spiro atoms. The van der Waals surface area contributed by atoms with Crippen LogP contribution >= 0.6 is 23.2 Å². The SMILES string of the molecule is CN1C(=O)C(C(=O)c2ccc(Cl)cc2Cl)C(=O)C1c1ccccc1. The molecule has 0 N–H and O–H groups in total. The number of hydrogen-bond donors (Lipinski definition) is 0. The number of likely N-dealkylation sites (tertiary alicyclic amines) is 1. The van der Waals surface area contributed by atoms with Crippen LogP contribution in [-0.2, 0) is 9.59 Å². The molecule has 4 nitrogen and oxygen atoms in total. The van der Waals surface area contributed by atoms with Gasteiger partial charge in [-0.15, -0.1) is 0 Å². The molecule has 0 radical (unpaired) electrons. The van der Waals surface area contributed by atoms with Gasteiger partial charge in [0.1, 0.15) is 6.04 Å². The van der Waals surface area contributed by atoms with Gasteiger partial charge < -0.3 is 4.90 Å². The summed E-state index contributed by atoms with van der Waals surface area (Å²) in [6.07, 6.45) is 0. The Labute approximate surface area is 149 Å². The van der Waals surface area contributed by atoms with Crippen LogP contribution in [-0.4, -0.2) is 29.4 Å². The zero-order chi connectivity index (χ0) is 17.4. The van der Waals surface area contributed by atoms with Crippen molar-refractivity contribution < 1.29 is 14.4 Å². The lowest BCUT2D eigenvalue weighted by molar-refractivity contribution is -0.130. The molecule has 0 aliphatic carbocycles. The van der Waals surface area contributed by atoms with Crippen molar-refractivity contribution >= 4 is 40.7 Å². The maximum atomic E-state index is 12.8. The highest BCUT2D eigenvalue weighted by molar-refractivity contribution is 6.38. The van der Waals surface area contributed by atoms with Crippen molar-refractivity contribution in [3.8, 4) is 0 Å². The number of Topliss-reactive ketones (excluding diaryl/α,β-unsaturated/α-hetero) is 2. The van der Waals surface area contributed by atoms with Crippen molar-refractivity contribution in [1.29, 1.82) is 0 Å². The Bertz CT molecular complexity index is 835. The van der Waals surface area contributed by atoms with Crippen LogP contribution in [0.2, 0.25) is 10.0 Å². The Morgan fingerprint density at radius 3 is 2.33 bits per heavy atom. The number of rotatable bonds is 3. The van der Waals surface area contributed by atoms with Crippen LogP contribution in [0.5, 0.6) is 0 Å². The molecule has 2 unspecified atom stereocenters. The zero-order valence-electron chi connectivity index (χ0n) is 12.7. The van der Waals surface area contributed by atoms with Crippen LogP contribution < -0.4 is 0 Å². The first-order valence-electron chi connectivity index (χ1n) is 7.26. The lowest BCUT2D eigenvalue weighted by atomic mass is 9.91. The summed E-state index contributed by atoms with van der Waals surface area (Å²) < 4.78 is 0. The van der Waals surface area contributed by atoms with Crippen molar-refractivity contribution in [1.82, 2.24) is 4.90 Å². The fourth-order valence-electron chi connectivity index (χ4n) is 2.91. The standard InChI is InChI=1S/C18H13Cl2NO3/c1-21-15(10-5-3-2-4-6-10)17(23)14(18(21)24)16(22)12-8-7-11(19)9-13(12)20/h2-9,14-15H,1H3. The highest BCUT2D eigenvalue weighted by atomic mass is 35.5. The maximum absolute atomic E-state index is 12.8. The first kappa shape index (κ1) is 16.7. The molecule has 0 bridgehead atoms. The summed E-state index contributed by atoms with van der Waals surface area (Å²) in [4.78, 5) is 39.3. The first-order chi connectivity index (χ1) is 11.4. The predicted octanol–water partition coefficient (Wildman–Crippen LogP) is 3.57. The van der Waals surface area contributed by atoms with Gasteiger partial charge in [-0.1, -0.05) is 53.5 Å². The molecule has 1 fully saturated rings. The lowest BCUT2D eigenvalue weighted by Crippen LogP contribution is -2.29. The van der Waals surface area contributed by atoms with Gasteiger partial charge in [-0.05, 0) is 23.8 Å². The summed E-state index contributed by atoms with van der Waals surface area (Å²) in [5.41, 5.74) is 0.797. The van der Waals surface area contributed by atoms with E-state index in [0.717, 1.165) is 0 Å². The molecule has 1 saturated heterocycles. The third-order valence-electron chi connectivity index (χ3n) is 4.11. The van der Waals surface area contributed by atoms with E-state index in [-0.39, 0.29) is 10.6 Å². The van der Waals surface area contributed by atoms with E-state index < -0.39 is 29.4 Å². The Balaban J connectivity index is 1.98. The van der Waals surface area contributed by atoms with Crippen molar-refractivity contribution in [3.63, 3.8) is 0 Å². The fourth-order valence-corrected chi connectivity index (χ4v) is 3.41. The van der Waals surface area contributed by atoms with Crippen molar-refractivity contribution in [3.05, 3.63) is 69.7 Å². The molecule has 1 heterocycles. The van der Waals surface area contributed by atoms with Gasteiger partial charge >= 0.3 is 0 Å². The van der Waals surface area contributed by atoms with E-state index in [0.29, 0.717) is 10.6 Å². The predicted molar refractivity (Wildman–Crippen MR) is 91.2 cm³/mol. The average Bonchev–Trinajstić information content (AvgIpc) is 2.77. The third kappa shape index (κ3) is 2.72. The second-order valence-electron chi connectivity index (χ2n) is 5.59. The topological polar surface area (TPSA) is 54.5 Å². The van der Waals surface area contributed by atoms with E-state index in [4.69, 9.17) is 23.2 Å².